The predicted molar refractivity (Wildman–Crippen MR) is 114 cm³/mol. The molecule has 0 bridgehead atoms. The standard InChI is InChI=1S/C23H21ClFN3O4/c1-14(29)31-20(15-5-3-2-4-6-15)23(30)28-11-9-16(10-12-28)22-26-21(27-32-22)18-8-7-17(24)13-19(18)25/h2-8,13,16,20H,9-12H2,1H3. The van der Waals surface area contributed by atoms with Crippen LogP contribution in [-0.4, -0.2) is 40.0 Å². The Bertz CT molecular complexity index is 1110. The van der Waals surface area contributed by atoms with Crippen LogP contribution in [-0.2, 0) is 14.3 Å². The Morgan fingerprint density at radius 1 is 1.19 bits per heavy atom. The first-order valence-electron chi connectivity index (χ1n) is 10.2. The normalized spacial score (nSPS) is 15.4. The van der Waals surface area contributed by atoms with Crippen LogP contribution in [0.15, 0.2) is 53.1 Å². The predicted octanol–water partition coefficient (Wildman–Crippen LogP) is 4.54. The highest BCUT2D eigenvalue weighted by atomic mass is 35.5. The average Bonchev–Trinajstić information content (AvgIpc) is 3.27. The van der Waals surface area contributed by atoms with Crippen molar-refractivity contribution in [1.82, 2.24) is 15.0 Å². The third kappa shape index (κ3) is 4.80. The lowest BCUT2D eigenvalue weighted by atomic mass is 9.96. The lowest BCUT2D eigenvalue weighted by Crippen LogP contribution is -2.41. The minimum absolute atomic E-state index is 0.0560. The van der Waals surface area contributed by atoms with E-state index in [-0.39, 0.29) is 28.2 Å². The van der Waals surface area contributed by atoms with E-state index >= 15 is 0 Å². The molecule has 7 nitrogen and oxygen atoms in total. The van der Waals surface area contributed by atoms with Gasteiger partial charge in [0.1, 0.15) is 5.82 Å². The molecular formula is C23H21ClFN3O4. The van der Waals surface area contributed by atoms with E-state index in [0.717, 1.165) is 0 Å². The highest BCUT2D eigenvalue weighted by Gasteiger charge is 2.33. The molecule has 1 unspecified atom stereocenters. The summed E-state index contributed by atoms with van der Waals surface area (Å²) >= 11 is 5.80. The molecule has 2 aromatic carbocycles. The van der Waals surface area contributed by atoms with Crippen LogP contribution in [0.3, 0.4) is 0 Å². The molecule has 1 saturated heterocycles. The summed E-state index contributed by atoms with van der Waals surface area (Å²) in [5.74, 6) is -0.802. The Balaban J connectivity index is 1.43. The number of hydrogen-bond acceptors (Lipinski definition) is 6. The number of ether oxygens (including phenoxy) is 1. The van der Waals surface area contributed by atoms with Crippen LogP contribution in [0.25, 0.3) is 11.4 Å². The van der Waals surface area contributed by atoms with Crippen molar-refractivity contribution in [3.8, 4) is 11.4 Å². The number of esters is 1. The number of benzene rings is 2. The Labute approximate surface area is 189 Å². The van der Waals surface area contributed by atoms with E-state index in [1.165, 1.54) is 19.1 Å². The molecule has 1 fully saturated rings. The summed E-state index contributed by atoms with van der Waals surface area (Å²) in [6.45, 7) is 2.17. The summed E-state index contributed by atoms with van der Waals surface area (Å²) in [5, 5.41) is 4.19. The molecule has 1 aliphatic heterocycles. The molecule has 9 heteroatoms. The zero-order valence-electron chi connectivity index (χ0n) is 17.3. The van der Waals surface area contributed by atoms with Crippen LogP contribution in [0.4, 0.5) is 4.39 Å². The van der Waals surface area contributed by atoms with Crippen molar-refractivity contribution in [1.29, 1.82) is 0 Å². The Morgan fingerprint density at radius 3 is 2.56 bits per heavy atom. The molecule has 1 aromatic heterocycles. The summed E-state index contributed by atoms with van der Waals surface area (Å²) in [5.41, 5.74) is 0.838. The zero-order valence-corrected chi connectivity index (χ0v) is 18.1. The maximum atomic E-state index is 14.1. The molecule has 0 saturated carbocycles. The van der Waals surface area contributed by atoms with E-state index in [2.05, 4.69) is 10.1 Å². The Kier molecular flexibility index (Phi) is 6.50. The van der Waals surface area contributed by atoms with Gasteiger partial charge < -0.3 is 14.2 Å². The van der Waals surface area contributed by atoms with Gasteiger partial charge in [0.15, 0.2) is 0 Å². The smallest absolute Gasteiger partial charge is 0.303 e. The molecule has 0 spiro atoms. The van der Waals surface area contributed by atoms with Crippen LogP contribution >= 0.6 is 11.6 Å². The van der Waals surface area contributed by atoms with Gasteiger partial charge in [-0.15, -0.1) is 0 Å². The van der Waals surface area contributed by atoms with Crippen LogP contribution in [0.1, 0.15) is 43.2 Å². The fraction of sp³-hybridized carbons (Fsp3) is 0.304. The second-order valence-corrected chi connectivity index (χ2v) is 8.02. The summed E-state index contributed by atoms with van der Waals surface area (Å²) in [6.07, 6.45) is 0.212. The highest BCUT2D eigenvalue weighted by Crippen LogP contribution is 2.31. The third-order valence-corrected chi connectivity index (χ3v) is 5.62. The Hall–Kier alpha value is -3.26. The fourth-order valence-corrected chi connectivity index (χ4v) is 3.91. The van der Waals surface area contributed by atoms with Gasteiger partial charge in [-0.3, -0.25) is 9.59 Å². The van der Waals surface area contributed by atoms with Crippen molar-refractivity contribution in [2.24, 2.45) is 0 Å². The second-order valence-electron chi connectivity index (χ2n) is 7.58. The van der Waals surface area contributed by atoms with Gasteiger partial charge in [-0.2, -0.15) is 4.98 Å². The minimum atomic E-state index is -0.979. The number of amides is 1. The largest absolute Gasteiger partial charge is 0.447 e. The van der Waals surface area contributed by atoms with Gasteiger partial charge in [0.2, 0.25) is 17.8 Å². The molecule has 166 valence electrons. The van der Waals surface area contributed by atoms with Crippen LogP contribution in [0.2, 0.25) is 5.02 Å². The van der Waals surface area contributed by atoms with Crippen LogP contribution in [0.5, 0.6) is 0 Å². The number of carbonyl (C=O) groups excluding carboxylic acids is 2. The molecule has 32 heavy (non-hydrogen) atoms. The third-order valence-electron chi connectivity index (χ3n) is 5.38. The molecule has 2 heterocycles. The zero-order chi connectivity index (χ0) is 22.7. The van der Waals surface area contributed by atoms with Gasteiger partial charge in [-0.1, -0.05) is 47.1 Å². The summed E-state index contributed by atoms with van der Waals surface area (Å²) in [4.78, 5) is 30.7. The summed E-state index contributed by atoms with van der Waals surface area (Å²) < 4.78 is 24.8. The molecule has 0 aliphatic carbocycles. The number of likely N-dealkylation sites (tertiary alicyclic amines) is 1. The number of carbonyl (C=O) groups is 2. The van der Waals surface area contributed by atoms with Crippen molar-refractivity contribution in [2.75, 3.05) is 13.1 Å². The van der Waals surface area contributed by atoms with E-state index in [4.69, 9.17) is 20.9 Å². The van der Waals surface area contributed by atoms with Crippen molar-refractivity contribution >= 4 is 23.5 Å². The van der Waals surface area contributed by atoms with Crippen molar-refractivity contribution in [2.45, 2.75) is 31.8 Å². The maximum Gasteiger partial charge on any atom is 0.303 e. The van der Waals surface area contributed by atoms with E-state index in [0.29, 0.717) is 37.4 Å². The summed E-state index contributed by atoms with van der Waals surface area (Å²) in [6, 6.07) is 13.2. The lowest BCUT2D eigenvalue weighted by molar-refractivity contribution is -0.159. The maximum absolute atomic E-state index is 14.1. The monoisotopic (exact) mass is 457 g/mol. The second kappa shape index (κ2) is 9.48. The van der Waals surface area contributed by atoms with E-state index in [1.807, 2.05) is 6.07 Å². The van der Waals surface area contributed by atoms with E-state index in [1.54, 1.807) is 35.2 Å². The SMILES string of the molecule is CC(=O)OC(C(=O)N1CCC(c2nc(-c3ccc(Cl)cc3F)no2)CC1)c1ccccc1. The van der Waals surface area contributed by atoms with Gasteiger partial charge in [0.05, 0.1) is 5.56 Å². The molecule has 4 rings (SSSR count). The number of aromatic nitrogens is 2. The first-order valence-corrected chi connectivity index (χ1v) is 10.6. The van der Waals surface area contributed by atoms with Crippen molar-refractivity contribution < 1.29 is 23.2 Å². The van der Waals surface area contributed by atoms with Gasteiger partial charge in [0.25, 0.3) is 5.91 Å². The molecule has 1 atom stereocenters. The van der Waals surface area contributed by atoms with Crippen LogP contribution in [0, 0.1) is 5.82 Å². The quantitative estimate of drug-likeness (QED) is 0.523. The molecule has 0 N–H and O–H groups in total. The Morgan fingerprint density at radius 2 is 1.91 bits per heavy atom. The first-order chi connectivity index (χ1) is 15.4. The van der Waals surface area contributed by atoms with Gasteiger partial charge in [-0.05, 0) is 31.0 Å². The van der Waals surface area contributed by atoms with Gasteiger partial charge >= 0.3 is 5.97 Å². The highest BCUT2D eigenvalue weighted by molar-refractivity contribution is 6.30. The molecule has 1 amide bonds. The number of halogens is 2. The van der Waals surface area contributed by atoms with E-state index < -0.39 is 17.9 Å². The lowest BCUT2D eigenvalue weighted by Gasteiger charge is -2.32. The van der Waals surface area contributed by atoms with E-state index in [9.17, 15) is 14.0 Å². The van der Waals surface area contributed by atoms with Gasteiger partial charge in [-0.25, -0.2) is 4.39 Å². The topological polar surface area (TPSA) is 85.5 Å². The summed E-state index contributed by atoms with van der Waals surface area (Å²) in [7, 11) is 0. The molecule has 0 radical (unpaired) electrons. The fourth-order valence-electron chi connectivity index (χ4n) is 3.75. The minimum Gasteiger partial charge on any atom is -0.447 e. The van der Waals surface area contributed by atoms with Crippen molar-refractivity contribution in [3.05, 3.63) is 70.8 Å². The first kappa shape index (κ1) is 22.0. The van der Waals surface area contributed by atoms with Crippen LogP contribution < -0.4 is 0 Å². The number of hydrogen-bond donors (Lipinski definition) is 0. The van der Waals surface area contributed by atoms with Crippen molar-refractivity contribution in [3.63, 3.8) is 0 Å². The number of piperidine rings is 1. The average molecular weight is 458 g/mol. The van der Waals surface area contributed by atoms with Gasteiger partial charge in [0, 0.05) is 36.5 Å². The number of nitrogens with zero attached hydrogens (tertiary/aromatic N) is 3. The molecule has 3 aromatic rings. The molecular weight excluding hydrogens is 437 g/mol. The molecule has 1 aliphatic rings. The number of rotatable bonds is 5.